The monoisotopic (exact) mass is 431 g/mol. The number of hydrogen-bond donors (Lipinski definition) is 0. The fraction of sp³-hybridized carbons (Fsp3) is 0.0417. The number of hydrogen-bond acceptors (Lipinski definition) is 5. The van der Waals surface area contributed by atoms with Crippen molar-refractivity contribution in [1.82, 2.24) is 4.57 Å². The molecule has 0 aliphatic carbocycles. The van der Waals surface area contributed by atoms with E-state index in [-0.39, 0.29) is 27.9 Å². The molecule has 3 aromatic carbocycles. The number of ketones is 1. The van der Waals surface area contributed by atoms with Crippen LogP contribution in [-0.4, -0.2) is 18.8 Å². The normalized spacial score (nSPS) is 14.6. The minimum absolute atomic E-state index is 0.0454. The highest BCUT2D eigenvalue weighted by atomic mass is 32.2. The van der Waals surface area contributed by atoms with Gasteiger partial charge in [-0.1, -0.05) is 36.4 Å². The van der Waals surface area contributed by atoms with Gasteiger partial charge in [-0.3, -0.25) is 4.79 Å². The van der Waals surface area contributed by atoms with E-state index in [9.17, 15) is 13.2 Å². The van der Waals surface area contributed by atoms with Gasteiger partial charge in [0.2, 0.25) is 5.78 Å². The van der Waals surface area contributed by atoms with E-state index in [2.05, 4.69) is 0 Å². The van der Waals surface area contributed by atoms with Crippen molar-refractivity contribution in [3.8, 4) is 11.5 Å². The van der Waals surface area contributed by atoms with Crippen molar-refractivity contribution in [2.45, 2.75) is 4.90 Å². The number of benzene rings is 3. The fourth-order valence-electron chi connectivity index (χ4n) is 3.61. The lowest BCUT2D eigenvalue weighted by molar-refractivity contribution is 0.101. The maximum absolute atomic E-state index is 12.8. The fourth-order valence-corrected chi connectivity index (χ4v) is 4.55. The van der Waals surface area contributed by atoms with Crippen molar-refractivity contribution in [3.05, 3.63) is 95.9 Å². The summed E-state index contributed by atoms with van der Waals surface area (Å²) in [6.45, 7) is 0. The second kappa shape index (κ2) is 7.14. The quantitative estimate of drug-likeness (QED) is 0.350. The topological polar surface area (TPSA) is 74.6 Å². The van der Waals surface area contributed by atoms with Gasteiger partial charge in [0.1, 0.15) is 16.4 Å². The zero-order valence-corrected chi connectivity index (χ0v) is 17.3. The van der Waals surface area contributed by atoms with Gasteiger partial charge in [0.25, 0.3) is 0 Å². The lowest BCUT2D eigenvalue weighted by Crippen LogP contribution is -2.09. The zero-order valence-electron chi connectivity index (χ0n) is 16.5. The highest BCUT2D eigenvalue weighted by Crippen LogP contribution is 2.36. The summed E-state index contributed by atoms with van der Waals surface area (Å²) in [7, 11) is -2.05. The van der Waals surface area contributed by atoms with Crippen molar-refractivity contribution in [2.24, 2.45) is 7.05 Å². The Morgan fingerprint density at radius 1 is 0.968 bits per heavy atom. The van der Waals surface area contributed by atoms with Gasteiger partial charge in [-0.2, -0.15) is 8.42 Å². The van der Waals surface area contributed by atoms with Crippen LogP contribution in [0.15, 0.2) is 89.6 Å². The number of nitrogens with zero attached hydrogens (tertiary/aromatic N) is 1. The Bertz CT molecular complexity index is 1470. The van der Waals surface area contributed by atoms with E-state index in [1.807, 2.05) is 42.1 Å². The number of para-hydroxylation sites is 1. The number of aryl methyl sites for hydroxylation is 1. The molecule has 0 radical (unpaired) electrons. The predicted molar refractivity (Wildman–Crippen MR) is 117 cm³/mol. The van der Waals surface area contributed by atoms with Gasteiger partial charge < -0.3 is 13.5 Å². The molecule has 5 rings (SSSR count). The lowest BCUT2D eigenvalue weighted by atomic mass is 10.1. The molecule has 4 aromatic rings. The molecule has 1 aromatic heterocycles. The SMILES string of the molecule is Cn1cc(C=C2Oc3cc(OS(=O)(=O)c4ccccc4)ccc3C2=O)c2ccccc21. The van der Waals surface area contributed by atoms with Gasteiger partial charge >= 0.3 is 10.1 Å². The predicted octanol–water partition coefficient (Wildman–Crippen LogP) is 4.56. The first-order chi connectivity index (χ1) is 14.9. The van der Waals surface area contributed by atoms with Crippen LogP contribution in [0, 0.1) is 0 Å². The molecular weight excluding hydrogens is 414 g/mol. The second-order valence-corrected chi connectivity index (χ2v) is 8.71. The third-order valence-corrected chi connectivity index (χ3v) is 6.35. The van der Waals surface area contributed by atoms with Crippen LogP contribution >= 0.6 is 0 Å². The molecule has 0 spiro atoms. The van der Waals surface area contributed by atoms with Crippen LogP contribution in [0.1, 0.15) is 15.9 Å². The van der Waals surface area contributed by atoms with E-state index >= 15 is 0 Å². The van der Waals surface area contributed by atoms with E-state index in [1.54, 1.807) is 24.3 Å². The summed E-state index contributed by atoms with van der Waals surface area (Å²) < 4.78 is 37.9. The van der Waals surface area contributed by atoms with Crippen LogP contribution in [0.3, 0.4) is 0 Å². The Balaban J connectivity index is 1.46. The number of allylic oxidation sites excluding steroid dienone is 1. The van der Waals surface area contributed by atoms with Crippen LogP contribution in [0.5, 0.6) is 11.5 Å². The third-order valence-electron chi connectivity index (χ3n) is 5.09. The van der Waals surface area contributed by atoms with Crippen molar-refractivity contribution in [3.63, 3.8) is 0 Å². The minimum atomic E-state index is -3.99. The molecule has 6 nitrogen and oxygen atoms in total. The summed E-state index contributed by atoms with van der Waals surface area (Å²) in [5, 5.41) is 1.00. The smallest absolute Gasteiger partial charge is 0.339 e. The number of Topliss-reactive ketones (excluding diaryl/α,β-unsaturated/α-hetero) is 1. The summed E-state index contributed by atoms with van der Waals surface area (Å²) in [6.07, 6.45) is 3.63. The van der Waals surface area contributed by atoms with E-state index in [0.29, 0.717) is 5.56 Å². The molecule has 0 unspecified atom stereocenters. The van der Waals surface area contributed by atoms with Crippen molar-refractivity contribution < 1.29 is 22.1 Å². The number of ether oxygens (including phenoxy) is 1. The molecule has 0 saturated carbocycles. The Hall–Kier alpha value is -3.84. The minimum Gasteiger partial charge on any atom is -0.452 e. The highest BCUT2D eigenvalue weighted by molar-refractivity contribution is 7.87. The van der Waals surface area contributed by atoms with Crippen molar-refractivity contribution in [2.75, 3.05) is 0 Å². The Morgan fingerprint density at radius 3 is 2.52 bits per heavy atom. The average Bonchev–Trinajstić information content (AvgIpc) is 3.25. The molecule has 1 aliphatic rings. The van der Waals surface area contributed by atoms with Gasteiger partial charge in [0.15, 0.2) is 5.76 Å². The largest absolute Gasteiger partial charge is 0.452 e. The van der Waals surface area contributed by atoms with Crippen LogP contribution in [0.4, 0.5) is 0 Å². The number of carbonyl (C=O) groups excluding carboxylic acids is 1. The van der Waals surface area contributed by atoms with Gasteiger partial charge in [0.05, 0.1) is 5.56 Å². The number of rotatable bonds is 4. The number of carbonyl (C=O) groups is 1. The van der Waals surface area contributed by atoms with E-state index in [0.717, 1.165) is 16.5 Å². The molecule has 7 heteroatoms. The van der Waals surface area contributed by atoms with Crippen molar-refractivity contribution in [1.29, 1.82) is 0 Å². The summed E-state index contributed by atoms with van der Waals surface area (Å²) >= 11 is 0. The average molecular weight is 431 g/mol. The molecule has 1 aliphatic heterocycles. The molecule has 0 amide bonds. The Morgan fingerprint density at radius 2 is 1.71 bits per heavy atom. The molecule has 31 heavy (non-hydrogen) atoms. The number of fused-ring (bicyclic) bond motifs is 2. The first-order valence-electron chi connectivity index (χ1n) is 9.54. The molecule has 0 fully saturated rings. The zero-order chi connectivity index (χ0) is 21.6. The van der Waals surface area contributed by atoms with Crippen LogP contribution < -0.4 is 8.92 Å². The standard InChI is InChI=1S/C24H17NO5S/c1-25-15-16(19-9-5-6-10-21(19)25)13-23-24(26)20-12-11-17(14-22(20)29-23)30-31(27,28)18-7-3-2-4-8-18/h2-15H,1H3. The van der Waals surface area contributed by atoms with Gasteiger partial charge in [-0.25, -0.2) is 0 Å². The summed E-state index contributed by atoms with van der Waals surface area (Å²) in [5.74, 6) is 0.244. The highest BCUT2D eigenvalue weighted by Gasteiger charge is 2.29. The molecule has 2 heterocycles. The second-order valence-electron chi connectivity index (χ2n) is 7.16. The van der Waals surface area contributed by atoms with E-state index < -0.39 is 10.1 Å². The molecule has 0 saturated heterocycles. The van der Waals surface area contributed by atoms with Crippen LogP contribution in [-0.2, 0) is 17.2 Å². The lowest BCUT2D eigenvalue weighted by Gasteiger charge is -2.07. The molecule has 154 valence electrons. The molecule has 0 bridgehead atoms. The van der Waals surface area contributed by atoms with Crippen molar-refractivity contribution >= 4 is 32.9 Å². The molecule has 0 N–H and O–H groups in total. The van der Waals surface area contributed by atoms with E-state index in [1.165, 1.54) is 30.3 Å². The number of aromatic nitrogens is 1. The summed E-state index contributed by atoms with van der Waals surface area (Å²) in [4.78, 5) is 12.8. The van der Waals surface area contributed by atoms with Crippen LogP contribution in [0.2, 0.25) is 0 Å². The first kappa shape index (κ1) is 19.1. The maximum atomic E-state index is 12.8. The summed E-state index contributed by atoms with van der Waals surface area (Å²) in [5.41, 5.74) is 2.26. The van der Waals surface area contributed by atoms with Crippen LogP contribution in [0.25, 0.3) is 17.0 Å². The van der Waals surface area contributed by atoms with Gasteiger partial charge in [-0.15, -0.1) is 0 Å². The summed E-state index contributed by atoms with van der Waals surface area (Å²) in [6, 6.07) is 20.1. The first-order valence-corrected chi connectivity index (χ1v) is 10.9. The molecular formula is C24H17NO5S. The maximum Gasteiger partial charge on any atom is 0.339 e. The van der Waals surface area contributed by atoms with Gasteiger partial charge in [-0.05, 0) is 36.4 Å². The molecule has 0 atom stereocenters. The Labute approximate surface area is 179 Å². The third kappa shape index (κ3) is 3.39. The Kier molecular flexibility index (Phi) is 4.41. The van der Waals surface area contributed by atoms with Gasteiger partial charge in [0, 0.05) is 35.8 Å². The van der Waals surface area contributed by atoms with E-state index in [4.69, 9.17) is 8.92 Å².